The number of carbonyl (C=O) groups excluding carboxylic acids is 2. The van der Waals surface area contributed by atoms with Gasteiger partial charge in [-0.1, -0.05) is 32.0 Å². The van der Waals surface area contributed by atoms with Crippen molar-refractivity contribution in [1.29, 1.82) is 0 Å². The number of carbonyl (C=O) groups is 2. The maximum absolute atomic E-state index is 12.8. The smallest absolute Gasteiger partial charge is 0.253 e. The molecule has 0 aliphatic carbocycles. The molecule has 0 spiro atoms. The minimum Gasteiger partial charge on any atom is -0.339 e. The maximum atomic E-state index is 12.8. The van der Waals surface area contributed by atoms with E-state index in [9.17, 15) is 18.0 Å². The van der Waals surface area contributed by atoms with Crippen LogP contribution in [0.4, 0.5) is 0 Å². The zero-order valence-corrected chi connectivity index (χ0v) is 19.9. The number of rotatable bonds is 6. The number of nitrogens with zero attached hydrogens (tertiary/aromatic N) is 2. The summed E-state index contributed by atoms with van der Waals surface area (Å²) >= 11 is 0. The Labute approximate surface area is 190 Å². The van der Waals surface area contributed by atoms with Crippen LogP contribution in [-0.4, -0.2) is 56.2 Å². The number of hydrogen-bond donors (Lipinski definition) is 1. The summed E-state index contributed by atoms with van der Waals surface area (Å²) in [5, 5.41) is 0. The highest BCUT2D eigenvalue weighted by Crippen LogP contribution is 2.16. The highest BCUT2D eigenvalue weighted by molar-refractivity contribution is 7.89. The van der Waals surface area contributed by atoms with Gasteiger partial charge in [-0.3, -0.25) is 9.59 Å². The van der Waals surface area contributed by atoms with Crippen LogP contribution in [0.5, 0.6) is 0 Å². The third-order valence-corrected chi connectivity index (χ3v) is 7.23. The van der Waals surface area contributed by atoms with Crippen molar-refractivity contribution in [1.82, 2.24) is 14.5 Å². The molecule has 172 valence electrons. The molecule has 2 amide bonds. The van der Waals surface area contributed by atoms with Crippen LogP contribution in [0.25, 0.3) is 0 Å². The Morgan fingerprint density at radius 1 is 0.906 bits per heavy atom. The number of benzene rings is 2. The Hall–Kier alpha value is -2.71. The summed E-state index contributed by atoms with van der Waals surface area (Å²) in [6, 6.07) is 12.0. The van der Waals surface area contributed by atoms with Gasteiger partial charge in [-0.15, -0.1) is 0 Å². The first-order valence-corrected chi connectivity index (χ1v) is 12.3. The van der Waals surface area contributed by atoms with Crippen LogP contribution in [0.1, 0.15) is 40.9 Å². The second kappa shape index (κ2) is 9.83. The fourth-order valence-electron chi connectivity index (χ4n) is 3.59. The fraction of sp³-hybridized carbons (Fsp3) is 0.417. The number of piperazine rings is 1. The van der Waals surface area contributed by atoms with Crippen molar-refractivity contribution in [2.24, 2.45) is 5.92 Å². The van der Waals surface area contributed by atoms with E-state index in [1.165, 1.54) is 0 Å². The fourth-order valence-corrected chi connectivity index (χ4v) is 4.69. The summed E-state index contributed by atoms with van der Waals surface area (Å²) in [6.45, 7) is 9.82. The molecular weight excluding hydrogens is 426 g/mol. The minimum atomic E-state index is -3.62. The van der Waals surface area contributed by atoms with Crippen LogP contribution in [0.3, 0.4) is 0 Å². The molecule has 3 rings (SSSR count). The van der Waals surface area contributed by atoms with Gasteiger partial charge in [0, 0.05) is 44.2 Å². The topological polar surface area (TPSA) is 86.8 Å². The van der Waals surface area contributed by atoms with Crippen LogP contribution >= 0.6 is 0 Å². The molecular formula is C24H31N3O4S. The SMILES string of the molecule is Cc1ccc(S(=O)(=O)NCc2ccc(C(=O)N3CCN(C(=O)C(C)C)CC3)cc2)cc1C. The first-order valence-electron chi connectivity index (χ1n) is 10.8. The zero-order valence-electron chi connectivity index (χ0n) is 19.1. The first-order chi connectivity index (χ1) is 15.1. The molecule has 2 aromatic rings. The van der Waals surface area contributed by atoms with Gasteiger partial charge in [-0.2, -0.15) is 0 Å². The van der Waals surface area contributed by atoms with Gasteiger partial charge in [-0.25, -0.2) is 13.1 Å². The van der Waals surface area contributed by atoms with Crippen molar-refractivity contribution in [2.45, 2.75) is 39.1 Å². The molecule has 0 bridgehead atoms. The molecule has 8 heteroatoms. The average Bonchev–Trinajstić information content (AvgIpc) is 2.79. The van der Waals surface area contributed by atoms with E-state index in [1.54, 1.807) is 52.3 Å². The summed E-state index contributed by atoms with van der Waals surface area (Å²) < 4.78 is 27.7. The molecule has 1 saturated heterocycles. The summed E-state index contributed by atoms with van der Waals surface area (Å²) in [5.41, 5.74) is 3.28. The minimum absolute atomic E-state index is 0.0442. The van der Waals surface area contributed by atoms with E-state index in [0.717, 1.165) is 16.7 Å². The van der Waals surface area contributed by atoms with E-state index in [0.29, 0.717) is 31.7 Å². The quantitative estimate of drug-likeness (QED) is 0.723. The van der Waals surface area contributed by atoms with Crippen LogP contribution in [0.2, 0.25) is 0 Å². The predicted molar refractivity (Wildman–Crippen MR) is 124 cm³/mol. The van der Waals surface area contributed by atoms with Crippen molar-refractivity contribution >= 4 is 21.8 Å². The van der Waals surface area contributed by atoms with Crippen molar-refractivity contribution in [3.05, 3.63) is 64.7 Å². The van der Waals surface area contributed by atoms with E-state index in [4.69, 9.17) is 0 Å². The molecule has 0 atom stereocenters. The van der Waals surface area contributed by atoms with Gasteiger partial charge in [-0.05, 0) is 54.8 Å². The van der Waals surface area contributed by atoms with Crippen molar-refractivity contribution in [3.63, 3.8) is 0 Å². The monoisotopic (exact) mass is 457 g/mol. The van der Waals surface area contributed by atoms with Crippen molar-refractivity contribution in [2.75, 3.05) is 26.2 Å². The van der Waals surface area contributed by atoms with E-state index in [-0.39, 0.29) is 29.2 Å². The second-order valence-electron chi connectivity index (χ2n) is 8.54. The molecule has 1 aliphatic heterocycles. The normalized spacial score (nSPS) is 14.7. The lowest BCUT2D eigenvalue weighted by atomic mass is 10.1. The Morgan fingerprint density at radius 2 is 1.50 bits per heavy atom. The Kier molecular flexibility index (Phi) is 7.36. The third-order valence-electron chi connectivity index (χ3n) is 5.83. The molecule has 0 aromatic heterocycles. The van der Waals surface area contributed by atoms with Gasteiger partial charge < -0.3 is 9.80 Å². The Balaban J connectivity index is 1.57. The number of sulfonamides is 1. The molecule has 1 aliphatic rings. The van der Waals surface area contributed by atoms with Crippen LogP contribution in [-0.2, 0) is 21.4 Å². The molecule has 2 aromatic carbocycles. The lowest BCUT2D eigenvalue weighted by Gasteiger charge is -2.35. The van der Waals surface area contributed by atoms with Crippen LogP contribution in [0.15, 0.2) is 47.4 Å². The number of hydrogen-bond acceptors (Lipinski definition) is 4. The molecule has 0 unspecified atom stereocenters. The largest absolute Gasteiger partial charge is 0.339 e. The third kappa shape index (κ3) is 5.55. The summed E-state index contributed by atoms with van der Waals surface area (Å²) in [5.74, 6) is -0.00846. The standard InChI is InChI=1S/C24H31N3O4S/c1-17(2)23(28)26-11-13-27(14-12-26)24(29)21-8-6-20(7-9-21)16-25-32(30,31)22-10-5-18(3)19(4)15-22/h5-10,15,17,25H,11-14,16H2,1-4H3. The second-order valence-corrected chi connectivity index (χ2v) is 10.3. The highest BCUT2D eigenvalue weighted by atomic mass is 32.2. The van der Waals surface area contributed by atoms with E-state index in [2.05, 4.69) is 4.72 Å². The Morgan fingerprint density at radius 3 is 2.06 bits per heavy atom. The lowest BCUT2D eigenvalue weighted by molar-refractivity contribution is -0.135. The summed E-state index contributed by atoms with van der Waals surface area (Å²) in [7, 11) is -3.62. The molecule has 32 heavy (non-hydrogen) atoms. The van der Waals surface area contributed by atoms with Crippen molar-refractivity contribution in [3.8, 4) is 0 Å². The summed E-state index contributed by atoms with van der Waals surface area (Å²) in [4.78, 5) is 28.7. The van der Waals surface area contributed by atoms with Gasteiger partial charge in [0.05, 0.1) is 4.90 Å². The predicted octanol–water partition coefficient (Wildman–Crippen LogP) is 2.72. The van der Waals surface area contributed by atoms with Crippen LogP contribution < -0.4 is 4.72 Å². The zero-order chi connectivity index (χ0) is 23.5. The number of amides is 2. The van der Waals surface area contributed by atoms with Gasteiger partial charge in [0.25, 0.3) is 5.91 Å². The average molecular weight is 458 g/mol. The Bertz CT molecular complexity index is 1090. The van der Waals surface area contributed by atoms with Gasteiger partial charge in [0.15, 0.2) is 0 Å². The van der Waals surface area contributed by atoms with E-state index in [1.807, 2.05) is 27.7 Å². The molecule has 1 heterocycles. The molecule has 1 N–H and O–H groups in total. The van der Waals surface area contributed by atoms with Crippen LogP contribution in [0, 0.1) is 19.8 Å². The lowest BCUT2D eigenvalue weighted by Crippen LogP contribution is -2.51. The number of aryl methyl sites for hydroxylation is 2. The van der Waals surface area contributed by atoms with E-state index >= 15 is 0 Å². The molecule has 0 radical (unpaired) electrons. The molecule has 1 fully saturated rings. The van der Waals surface area contributed by atoms with Crippen molar-refractivity contribution < 1.29 is 18.0 Å². The summed E-state index contributed by atoms with van der Waals surface area (Å²) in [6.07, 6.45) is 0. The van der Waals surface area contributed by atoms with Gasteiger partial charge >= 0.3 is 0 Å². The maximum Gasteiger partial charge on any atom is 0.253 e. The highest BCUT2D eigenvalue weighted by Gasteiger charge is 2.26. The number of nitrogens with one attached hydrogen (secondary N) is 1. The van der Waals surface area contributed by atoms with Gasteiger partial charge in [0.1, 0.15) is 0 Å². The molecule has 7 nitrogen and oxygen atoms in total. The van der Waals surface area contributed by atoms with Gasteiger partial charge in [0.2, 0.25) is 15.9 Å². The molecule has 0 saturated carbocycles. The first kappa shape index (κ1) is 23.9. The van der Waals surface area contributed by atoms with E-state index < -0.39 is 10.0 Å².